The number of piperazine rings is 1. The van der Waals surface area contributed by atoms with Gasteiger partial charge in [0.1, 0.15) is 0 Å². The van der Waals surface area contributed by atoms with Crippen molar-refractivity contribution in [3.63, 3.8) is 0 Å². The number of hydrogen-bond donors (Lipinski definition) is 2. The lowest BCUT2D eigenvalue weighted by Gasteiger charge is -2.27. The first kappa shape index (κ1) is 20.0. The van der Waals surface area contributed by atoms with Gasteiger partial charge in [0, 0.05) is 39.1 Å². The molecule has 1 fully saturated rings. The van der Waals surface area contributed by atoms with Crippen LogP contribution < -0.4 is 10.6 Å². The summed E-state index contributed by atoms with van der Waals surface area (Å²) in [6.07, 6.45) is 4.15. The Morgan fingerprint density at radius 1 is 1.33 bits per heavy atom. The number of hydrogen-bond acceptors (Lipinski definition) is 3. The van der Waals surface area contributed by atoms with Crippen molar-refractivity contribution < 1.29 is 4.79 Å². The lowest BCUT2D eigenvalue weighted by molar-refractivity contribution is -0.121. The molecule has 1 saturated heterocycles. The fraction of sp³-hybridized carbons (Fsp3) is 0.750. The van der Waals surface area contributed by atoms with E-state index < -0.39 is 0 Å². The summed E-state index contributed by atoms with van der Waals surface area (Å²) in [5.74, 6) is 0.139. The Kier molecular flexibility index (Phi) is 14.6. The summed E-state index contributed by atoms with van der Waals surface area (Å²) in [4.78, 5) is 13.7. The van der Waals surface area contributed by atoms with Crippen LogP contribution in [0.3, 0.4) is 0 Å². The van der Waals surface area contributed by atoms with Gasteiger partial charge in [-0.15, -0.1) is 31.4 Å². The van der Waals surface area contributed by atoms with Gasteiger partial charge in [0.05, 0.1) is 0 Å². The first-order valence-corrected chi connectivity index (χ1v) is 6.13. The monoisotopic (exact) mass is 297 g/mol. The van der Waals surface area contributed by atoms with Crippen LogP contribution in [0.5, 0.6) is 0 Å². The topological polar surface area (TPSA) is 44.4 Å². The Balaban J connectivity index is 0. The smallest absolute Gasteiger partial charge is 0.220 e. The highest BCUT2D eigenvalue weighted by Gasteiger charge is 2.08. The van der Waals surface area contributed by atoms with E-state index in [2.05, 4.69) is 22.1 Å². The van der Waals surface area contributed by atoms with Crippen LogP contribution in [0.4, 0.5) is 0 Å². The molecule has 0 aliphatic carbocycles. The maximum atomic E-state index is 11.3. The third-order valence-corrected chi connectivity index (χ3v) is 2.76. The molecule has 0 aromatic heterocycles. The van der Waals surface area contributed by atoms with Gasteiger partial charge in [-0.25, -0.2) is 0 Å². The van der Waals surface area contributed by atoms with E-state index in [1.54, 1.807) is 6.08 Å². The van der Waals surface area contributed by atoms with Gasteiger partial charge in [0.25, 0.3) is 0 Å². The minimum atomic E-state index is 0. The molecule has 1 aliphatic heterocycles. The molecule has 1 heterocycles. The van der Waals surface area contributed by atoms with Gasteiger partial charge in [-0.1, -0.05) is 6.08 Å². The zero-order valence-corrected chi connectivity index (χ0v) is 12.5. The summed E-state index contributed by atoms with van der Waals surface area (Å²) in [5, 5.41) is 6.25. The van der Waals surface area contributed by atoms with E-state index in [9.17, 15) is 4.79 Å². The molecule has 0 unspecified atom stereocenters. The number of allylic oxidation sites excluding steroid dienone is 1. The molecular formula is C12H25Cl2N3O. The molecule has 1 aliphatic rings. The van der Waals surface area contributed by atoms with Crippen molar-refractivity contribution in [2.24, 2.45) is 0 Å². The lowest BCUT2D eigenvalue weighted by atomic mass is 10.3. The fourth-order valence-corrected chi connectivity index (χ4v) is 1.79. The average Bonchev–Trinajstić information content (AvgIpc) is 2.33. The number of carbonyl (C=O) groups excluding carboxylic acids is 1. The van der Waals surface area contributed by atoms with Crippen molar-refractivity contribution in [1.29, 1.82) is 0 Å². The normalized spacial score (nSPS) is 15.1. The van der Waals surface area contributed by atoms with E-state index in [0.29, 0.717) is 6.42 Å². The van der Waals surface area contributed by atoms with Gasteiger partial charge in [-0.05, 0) is 19.4 Å². The highest BCUT2D eigenvalue weighted by molar-refractivity contribution is 5.85. The van der Waals surface area contributed by atoms with E-state index in [0.717, 1.165) is 52.1 Å². The second-order valence-corrected chi connectivity index (χ2v) is 4.12. The third-order valence-electron chi connectivity index (χ3n) is 2.76. The largest absolute Gasteiger partial charge is 0.356 e. The van der Waals surface area contributed by atoms with Gasteiger partial charge < -0.3 is 15.5 Å². The Hall–Kier alpha value is -0.290. The Bertz CT molecular complexity index is 221. The van der Waals surface area contributed by atoms with Gasteiger partial charge in [0.2, 0.25) is 5.91 Å². The SMILES string of the molecule is C=CCCC(=O)NCCCN1CCNCC1.Cl.Cl. The maximum Gasteiger partial charge on any atom is 0.220 e. The van der Waals surface area contributed by atoms with Crippen LogP contribution >= 0.6 is 24.8 Å². The van der Waals surface area contributed by atoms with Crippen LogP contribution in [-0.4, -0.2) is 50.1 Å². The molecule has 0 saturated carbocycles. The van der Waals surface area contributed by atoms with Crippen LogP contribution in [0.25, 0.3) is 0 Å². The summed E-state index contributed by atoms with van der Waals surface area (Å²) < 4.78 is 0. The van der Waals surface area contributed by atoms with Crippen molar-refractivity contribution >= 4 is 30.7 Å². The molecular weight excluding hydrogens is 273 g/mol. The quantitative estimate of drug-likeness (QED) is 0.548. The molecule has 0 aromatic carbocycles. The molecule has 1 rings (SSSR count). The van der Waals surface area contributed by atoms with Crippen molar-refractivity contribution in [3.05, 3.63) is 12.7 Å². The predicted molar refractivity (Wildman–Crippen MR) is 80.9 cm³/mol. The zero-order valence-electron chi connectivity index (χ0n) is 10.8. The van der Waals surface area contributed by atoms with Crippen LogP contribution in [0.15, 0.2) is 12.7 Å². The molecule has 6 heteroatoms. The minimum Gasteiger partial charge on any atom is -0.356 e. The molecule has 108 valence electrons. The van der Waals surface area contributed by atoms with Crippen molar-refractivity contribution in [1.82, 2.24) is 15.5 Å². The molecule has 0 atom stereocenters. The van der Waals surface area contributed by atoms with E-state index >= 15 is 0 Å². The highest BCUT2D eigenvalue weighted by atomic mass is 35.5. The number of rotatable bonds is 7. The summed E-state index contributed by atoms with van der Waals surface area (Å²) in [7, 11) is 0. The van der Waals surface area contributed by atoms with Crippen LogP contribution in [0.1, 0.15) is 19.3 Å². The molecule has 0 bridgehead atoms. The molecule has 0 aromatic rings. The van der Waals surface area contributed by atoms with Crippen molar-refractivity contribution in [2.45, 2.75) is 19.3 Å². The molecule has 18 heavy (non-hydrogen) atoms. The number of carbonyl (C=O) groups is 1. The summed E-state index contributed by atoms with van der Waals surface area (Å²) in [5.41, 5.74) is 0. The molecule has 4 nitrogen and oxygen atoms in total. The zero-order chi connectivity index (χ0) is 11.6. The lowest BCUT2D eigenvalue weighted by Crippen LogP contribution is -2.44. The Morgan fingerprint density at radius 3 is 2.61 bits per heavy atom. The van der Waals surface area contributed by atoms with Crippen LogP contribution in [0.2, 0.25) is 0 Å². The number of amides is 1. The summed E-state index contributed by atoms with van der Waals surface area (Å²) in [6, 6.07) is 0. The van der Waals surface area contributed by atoms with Gasteiger partial charge in [0.15, 0.2) is 0 Å². The second-order valence-electron chi connectivity index (χ2n) is 4.12. The van der Waals surface area contributed by atoms with Gasteiger partial charge >= 0.3 is 0 Å². The van der Waals surface area contributed by atoms with Gasteiger partial charge in [-0.3, -0.25) is 4.79 Å². The number of nitrogens with one attached hydrogen (secondary N) is 2. The van der Waals surface area contributed by atoms with E-state index in [4.69, 9.17) is 0 Å². The Morgan fingerprint density at radius 2 is 2.00 bits per heavy atom. The third kappa shape index (κ3) is 9.71. The van der Waals surface area contributed by atoms with E-state index in [1.807, 2.05) is 0 Å². The Labute approximate surface area is 122 Å². The molecule has 1 amide bonds. The summed E-state index contributed by atoms with van der Waals surface area (Å²) >= 11 is 0. The second kappa shape index (κ2) is 13.1. The minimum absolute atomic E-state index is 0. The van der Waals surface area contributed by atoms with Gasteiger partial charge in [-0.2, -0.15) is 0 Å². The molecule has 0 spiro atoms. The standard InChI is InChI=1S/C12H23N3O.2ClH/c1-2-3-5-12(16)14-6-4-9-15-10-7-13-8-11-15;;/h2,13H,1,3-11H2,(H,14,16);2*1H. The van der Waals surface area contributed by atoms with E-state index in [-0.39, 0.29) is 30.7 Å². The van der Waals surface area contributed by atoms with Crippen molar-refractivity contribution in [3.8, 4) is 0 Å². The fourth-order valence-electron chi connectivity index (χ4n) is 1.79. The first-order valence-electron chi connectivity index (χ1n) is 6.13. The number of halogens is 2. The summed E-state index contributed by atoms with van der Waals surface area (Å²) in [6.45, 7) is 9.91. The highest BCUT2D eigenvalue weighted by Crippen LogP contribution is 1.94. The van der Waals surface area contributed by atoms with Crippen LogP contribution in [0, 0.1) is 0 Å². The molecule has 2 N–H and O–H groups in total. The van der Waals surface area contributed by atoms with E-state index in [1.165, 1.54) is 0 Å². The predicted octanol–water partition coefficient (Wildman–Crippen LogP) is 1.21. The average molecular weight is 298 g/mol. The van der Waals surface area contributed by atoms with Crippen LogP contribution in [-0.2, 0) is 4.79 Å². The molecule has 0 radical (unpaired) electrons. The maximum absolute atomic E-state index is 11.3. The first-order chi connectivity index (χ1) is 7.83. The number of nitrogens with zero attached hydrogens (tertiary/aromatic N) is 1. The van der Waals surface area contributed by atoms with Crippen molar-refractivity contribution in [2.75, 3.05) is 39.3 Å².